The molecular weight excluding hydrogens is 477 g/mol. The Balaban J connectivity index is 1.69. The minimum atomic E-state index is -0.350. The predicted molar refractivity (Wildman–Crippen MR) is 139 cm³/mol. The number of hydrogen-bond donors (Lipinski definition) is 0. The summed E-state index contributed by atoms with van der Waals surface area (Å²) in [7, 11) is 8.34. The maximum atomic E-state index is 13.8. The van der Waals surface area contributed by atoms with E-state index < -0.39 is 0 Å². The van der Waals surface area contributed by atoms with Gasteiger partial charge >= 0.3 is 0 Å². The van der Waals surface area contributed by atoms with Crippen molar-refractivity contribution in [3.63, 3.8) is 0 Å². The summed E-state index contributed by atoms with van der Waals surface area (Å²) in [6.07, 6.45) is 1.68. The molecule has 0 aliphatic carbocycles. The Bertz CT molecular complexity index is 1360. The second kappa shape index (κ2) is 11.2. The van der Waals surface area contributed by atoms with Crippen LogP contribution in [0.15, 0.2) is 59.2 Å². The van der Waals surface area contributed by atoms with E-state index in [0.29, 0.717) is 39.9 Å². The first kappa shape index (κ1) is 25.8. The van der Waals surface area contributed by atoms with Gasteiger partial charge in [-0.05, 0) is 48.0 Å². The quantitative estimate of drug-likeness (QED) is 0.304. The second-order valence-electron chi connectivity index (χ2n) is 8.74. The molecule has 0 bridgehead atoms. The van der Waals surface area contributed by atoms with Gasteiger partial charge in [0, 0.05) is 37.7 Å². The molecule has 0 N–H and O–H groups in total. The lowest BCUT2D eigenvalue weighted by atomic mass is 10.1. The lowest BCUT2D eigenvalue weighted by molar-refractivity contribution is -0.132. The Morgan fingerprint density at radius 3 is 2.30 bits per heavy atom. The van der Waals surface area contributed by atoms with Gasteiger partial charge in [0.25, 0.3) is 0 Å². The van der Waals surface area contributed by atoms with Crippen molar-refractivity contribution in [3.8, 4) is 17.2 Å². The number of carbonyl (C=O) groups excluding carboxylic acids is 1. The van der Waals surface area contributed by atoms with E-state index in [4.69, 9.17) is 18.6 Å². The summed E-state index contributed by atoms with van der Waals surface area (Å²) in [6.45, 7) is 0.544. The molecule has 2 heterocycles. The van der Waals surface area contributed by atoms with E-state index in [9.17, 15) is 9.18 Å². The summed E-state index contributed by atoms with van der Waals surface area (Å²) >= 11 is 0. The number of carbonyl (C=O) groups is 1. The number of methoxy groups -OCH3 is 3. The van der Waals surface area contributed by atoms with Gasteiger partial charge in [0.15, 0.2) is 11.5 Å². The van der Waals surface area contributed by atoms with Crippen molar-refractivity contribution in [3.05, 3.63) is 77.5 Å². The van der Waals surface area contributed by atoms with Gasteiger partial charge in [-0.3, -0.25) is 4.79 Å². The van der Waals surface area contributed by atoms with Crippen LogP contribution in [0.25, 0.3) is 10.9 Å². The number of amides is 1. The minimum absolute atomic E-state index is 0.0982. The van der Waals surface area contributed by atoms with Crippen molar-refractivity contribution in [1.29, 1.82) is 0 Å². The van der Waals surface area contributed by atoms with Crippen LogP contribution in [0.4, 0.5) is 10.2 Å². The number of furan rings is 1. The summed E-state index contributed by atoms with van der Waals surface area (Å²) in [5, 5.41) is 0.789. The van der Waals surface area contributed by atoms with Crippen LogP contribution in [0.5, 0.6) is 17.2 Å². The number of pyridine rings is 1. The van der Waals surface area contributed by atoms with E-state index in [1.54, 1.807) is 35.4 Å². The molecule has 9 heteroatoms. The Morgan fingerprint density at radius 1 is 0.973 bits per heavy atom. The van der Waals surface area contributed by atoms with Gasteiger partial charge in [-0.1, -0.05) is 0 Å². The van der Waals surface area contributed by atoms with E-state index in [1.165, 1.54) is 33.5 Å². The van der Waals surface area contributed by atoms with Crippen LogP contribution in [0, 0.1) is 5.82 Å². The van der Waals surface area contributed by atoms with Crippen LogP contribution in [0.1, 0.15) is 16.9 Å². The van der Waals surface area contributed by atoms with Gasteiger partial charge in [0.2, 0.25) is 11.7 Å². The molecule has 0 aliphatic heterocycles. The molecule has 0 saturated carbocycles. The van der Waals surface area contributed by atoms with E-state index in [-0.39, 0.29) is 31.2 Å². The van der Waals surface area contributed by atoms with Crippen LogP contribution < -0.4 is 19.1 Å². The molecule has 0 fully saturated rings. The van der Waals surface area contributed by atoms with Crippen LogP contribution in [0.3, 0.4) is 0 Å². The first-order valence-electron chi connectivity index (χ1n) is 11.7. The van der Waals surface area contributed by atoms with E-state index in [2.05, 4.69) is 4.98 Å². The third kappa shape index (κ3) is 5.77. The van der Waals surface area contributed by atoms with E-state index in [0.717, 1.165) is 10.9 Å². The van der Waals surface area contributed by atoms with E-state index in [1.807, 2.05) is 31.1 Å². The first-order chi connectivity index (χ1) is 17.8. The van der Waals surface area contributed by atoms with Gasteiger partial charge in [0.05, 0.1) is 46.1 Å². The Hall–Kier alpha value is -4.27. The SMILES string of the molecule is COc1cc(CC(=O)N(Cc2ccco2)Cc2cc3ccc(F)cc3nc2N(C)C)cc(OC)c1OC. The van der Waals surface area contributed by atoms with Crippen LogP contribution >= 0.6 is 0 Å². The number of hydrogen-bond acceptors (Lipinski definition) is 7. The topological polar surface area (TPSA) is 77.3 Å². The minimum Gasteiger partial charge on any atom is -0.493 e. The van der Waals surface area contributed by atoms with E-state index >= 15 is 0 Å². The highest BCUT2D eigenvalue weighted by molar-refractivity contribution is 5.83. The summed E-state index contributed by atoms with van der Waals surface area (Å²) in [4.78, 5) is 21.9. The van der Waals surface area contributed by atoms with Gasteiger partial charge in [-0.15, -0.1) is 0 Å². The summed E-state index contributed by atoms with van der Waals surface area (Å²) in [5.41, 5.74) is 2.09. The number of nitrogens with zero attached hydrogens (tertiary/aromatic N) is 3. The fraction of sp³-hybridized carbons (Fsp3) is 0.286. The zero-order valence-corrected chi connectivity index (χ0v) is 21.6. The van der Waals surface area contributed by atoms with Crippen LogP contribution in [0.2, 0.25) is 0 Å². The molecular formula is C28H30FN3O5. The van der Waals surface area contributed by atoms with Crippen molar-refractivity contribution in [2.75, 3.05) is 40.3 Å². The molecule has 4 aromatic rings. The van der Waals surface area contributed by atoms with Crippen molar-refractivity contribution < 1.29 is 27.8 Å². The fourth-order valence-electron chi connectivity index (χ4n) is 4.23. The van der Waals surface area contributed by atoms with Gasteiger partial charge in [-0.2, -0.15) is 0 Å². The zero-order valence-electron chi connectivity index (χ0n) is 21.6. The number of halogens is 1. The van der Waals surface area contributed by atoms with Crippen molar-refractivity contribution >= 4 is 22.6 Å². The van der Waals surface area contributed by atoms with Gasteiger partial charge in [0.1, 0.15) is 17.4 Å². The average molecular weight is 508 g/mol. The van der Waals surface area contributed by atoms with Crippen molar-refractivity contribution in [1.82, 2.24) is 9.88 Å². The molecule has 4 rings (SSSR count). The average Bonchev–Trinajstić information content (AvgIpc) is 3.40. The van der Waals surface area contributed by atoms with Gasteiger partial charge in [-0.25, -0.2) is 9.37 Å². The molecule has 8 nitrogen and oxygen atoms in total. The lowest BCUT2D eigenvalue weighted by Gasteiger charge is -2.25. The predicted octanol–water partition coefficient (Wildman–Crippen LogP) is 4.83. The van der Waals surface area contributed by atoms with Crippen LogP contribution in [-0.2, 0) is 24.3 Å². The molecule has 0 atom stereocenters. The normalized spacial score (nSPS) is 10.9. The fourth-order valence-corrected chi connectivity index (χ4v) is 4.23. The highest BCUT2D eigenvalue weighted by atomic mass is 19.1. The molecule has 2 aromatic carbocycles. The molecule has 0 aliphatic rings. The number of benzene rings is 2. The summed E-state index contributed by atoms with van der Waals surface area (Å²) in [6, 6.07) is 13.6. The zero-order chi connectivity index (χ0) is 26.5. The monoisotopic (exact) mass is 507 g/mol. The van der Waals surface area contributed by atoms with Gasteiger partial charge < -0.3 is 28.4 Å². The van der Waals surface area contributed by atoms with Crippen molar-refractivity contribution in [2.24, 2.45) is 0 Å². The smallest absolute Gasteiger partial charge is 0.227 e. The second-order valence-corrected chi connectivity index (χ2v) is 8.74. The highest BCUT2D eigenvalue weighted by Gasteiger charge is 2.22. The molecule has 0 saturated heterocycles. The Kier molecular flexibility index (Phi) is 7.81. The third-order valence-corrected chi connectivity index (χ3v) is 5.98. The summed E-state index contributed by atoms with van der Waals surface area (Å²) in [5.74, 6) is 2.24. The summed E-state index contributed by atoms with van der Waals surface area (Å²) < 4.78 is 35.7. The first-order valence-corrected chi connectivity index (χ1v) is 11.7. The molecule has 37 heavy (non-hydrogen) atoms. The largest absolute Gasteiger partial charge is 0.493 e. The Morgan fingerprint density at radius 2 is 1.70 bits per heavy atom. The highest BCUT2D eigenvalue weighted by Crippen LogP contribution is 2.38. The lowest BCUT2D eigenvalue weighted by Crippen LogP contribution is -2.32. The number of aromatic nitrogens is 1. The van der Waals surface area contributed by atoms with Crippen molar-refractivity contribution in [2.45, 2.75) is 19.5 Å². The number of ether oxygens (including phenoxy) is 3. The number of rotatable bonds is 10. The van der Waals surface area contributed by atoms with Crippen LogP contribution in [-0.4, -0.2) is 51.2 Å². The molecule has 0 unspecified atom stereocenters. The maximum absolute atomic E-state index is 13.8. The molecule has 2 aromatic heterocycles. The number of anilines is 1. The third-order valence-electron chi connectivity index (χ3n) is 5.98. The number of fused-ring (bicyclic) bond motifs is 1. The maximum Gasteiger partial charge on any atom is 0.227 e. The Labute approximate surface area is 215 Å². The molecule has 0 radical (unpaired) electrons. The molecule has 0 spiro atoms. The molecule has 194 valence electrons. The standard InChI is InChI=1S/C28H30FN3O5/c1-31(2)28-20(14-19-8-9-21(29)15-23(19)30-28)16-32(17-22-7-6-10-37-22)26(33)13-18-11-24(34-3)27(36-5)25(12-18)35-4/h6-12,14-15H,13,16-17H2,1-5H3. The molecule has 1 amide bonds.